The zero-order chi connectivity index (χ0) is 13.1. The van der Waals surface area contributed by atoms with Gasteiger partial charge in [-0.15, -0.1) is 0 Å². The molecule has 0 saturated heterocycles. The molecule has 2 rings (SSSR count). The molecule has 0 aliphatic rings. The van der Waals surface area contributed by atoms with E-state index >= 15 is 0 Å². The van der Waals surface area contributed by atoms with Crippen molar-refractivity contribution in [1.82, 2.24) is 4.98 Å². The maximum atomic E-state index is 13.4. The van der Waals surface area contributed by atoms with E-state index in [1.807, 2.05) is 0 Å². The number of nitrogens with one attached hydrogen (secondary N) is 1. The van der Waals surface area contributed by atoms with Crippen molar-refractivity contribution < 1.29 is 13.6 Å². The third-order valence-electron chi connectivity index (χ3n) is 2.48. The van der Waals surface area contributed by atoms with Crippen LogP contribution in [0.15, 0.2) is 36.7 Å². The lowest BCUT2D eigenvalue weighted by molar-refractivity contribution is 0.101. The van der Waals surface area contributed by atoms with Crippen LogP contribution >= 0.6 is 0 Å². The number of hydrogen-bond donors (Lipinski definition) is 1. The van der Waals surface area contributed by atoms with Crippen molar-refractivity contribution in [2.24, 2.45) is 0 Å². The average Bonchev–Trinajstić information content (AvgIpc) is 2.32. The molecule has 2 aromatic rings. The number of carbonyl (C=O) groups is 1. The number of carbonyl (C=O) groups excluding carboxylic acids is 1. The molecule has 0 aliphatic carbocycles. The number of nitrogens with zero attached hydrogens (tertiary/aromatic N) is 1. The van der Waals surface area contributed by atoms with Crippen LogP contribution in [0.25, 0.3) is 0 Å². The lowest BCUT2D eigenvalue weighted by Crippen LogP contribution is -2.16. The summed E-state index contributed by atoms with van der Waals surface area (Å²) in [7, 11) is 0. The van der Waals surface area contributed by atoms with Gasteiger partial charge in [-0.1, -0.05) is 6.07 Å². The van der Waals surface area contributed by atoms with E-state index in [1.165, 1.54) is 12.3 Å². The number of rotatable bonds is 2. The first-order valence-corrected chi connectivity index (χ1v) is 5.25. The summed E-state index contributed by atoms with van der Waals surface area (Å²) in [5.74, 6) is -2.62. The van der Waals surface area contributed by atoms with Crippen LogP contribution < -0.4 is 5.32 Å². The summed E-state index contributed by atoms with van der Waals surface area (Å²) in [6.07, 6.45) is 2.99. The van der Waals surface area contributed by atoms with E-state index in [9.17, 15) is 13.6 Å². The fraction of sp³-hybridized carbons (Fsp3) is 0.0769. The second-order valence-corrected chi connectivity index (χ2v) is 3.74. The Morgan fingerprint density at radius 1 is 1.22 bits per heavy atom. The van der Waals surface area contributed by atoms with E-state index in [2.05, 4.69) is 10.3 Å². The summed E-state index contributed by atoms with van der Waals surface area (Å²) in [4.78, 5) is 15.6. The van der Waals surface area contributed by atoms with E-state index in [0.717, 1.165) is 17.7 Å². The molecule has 92 valence electrons. The number of hydrogen-bond acceptors (Lipinski definition) is 2. The summed E-state index contributed by atoms with van der Waals surface area (Å²) in [6, 6.07) is 4.96. The van der Waals surface area contributed by atoms with E-state index in [-0.39, 0.29) is 0 Å². The highest BCUT2D eigenvalue weighted by atomic mass is 19.1. The Morgan fingerprint density at radius 2 is 1.89 bits per heavy atom. The van der Waals surface area contributed by atoms with Crippen LogP contribution in [0.3, 0.4) is 0 Å². The molecule has 1 aromatic heterocycles. The molecule has 0 aliphatic heterocycles. The first-order valence-electron chi connectivity index (χ1n) is 5.25. The predicted molar refractivity (Wildman–Crippen MR) is 63.3 cm³/mol. The number of amides is 1. The summed E-state index contributed by atoms with van der Waals surface area (Å²) in [6.45, 7) is 1.76. The fourth-order valence-electron chi connectivity index (χ4n) is 1.49. The van der Waals surface area contributed by atoms with Gasteiger partial charge in [0.2, 0.25) is 0 Å². The second-order valence-electron chi connectivity index (χ2n) is 3.74. The van der Waals surface area contributed by atoms with Crippen molar-refractivity contribution >= 4 is 11.6 Å². The van der Waals surface area contributed by atoms with Gasteiger partial charge in [0.05, 0.1) is 11.9 Å². The lowest BCUT2D eigenvalue weighted by atomic mass is 10.1. The molecule has 1 N–H and O–H groups in total. The molecule has 3 nitrogen and oxygen atoms in total. The van der Waals surface area contributed by atoms with Crippen molar-refractivity contribution in [3.05, 3.63) is 59.4 Å². The Bertz CT molecular complexity index is 579. The maximum Gasteiger partial charge on any atom is 0.261 e. The van der Waals surface area contributed by atoms with E-state index < -0.39 is 23.1 Å². The number of anilines is 1. The van der Waals surface area contributed by atoms with Gasteiger partial charge in [-0.2, -0.15) is 0 Å². The molecule has 0 spiro atoms. The van der Waals surface area contributed by atoms with Crippen LogP contribution in [-0.4, -0.2) is 10.9 Å². The molecule has 0 radical (unpaired) electrons. The molecule has 0 fully saturated rings. The molecule has 0 atom stereocenters. The average molecular weight is 248 g/mol. The molecule has 5 heteroatoms. The van der Waals surface area contributed by atoms with Crippen LogP contribution in [-0.2, 0) is 0 Å². The fourth-order valence-corrected chi connectivity index (χ4v) is 1.49. The Kier molecular flexibility index (Phi) is 3.32. The largest absolute Gasteiger partial charge is 0.320 e. The number of benzene rings is 1. The van der Waals surface area contributed by atoms with Crippen molar-refractivity contribution in [3.63, 3.8) is 0 Å². The van der Waals surface area contributed by atoms with Crippen molar-refractivity contribution in [3.8, 4) is 0 Å². The van der Waals surface area contributed by atoms with Crippen LogP contribution in [0.2, 0.25) is 0 Å². The SMILES string of the molecule is Cc1ccncc1NC(=O)c1c(F)cccc1F. The smallest absolute Gasteiger partial charge is 0.261 e. The minimum atomic E-state index is -0.894. The van der Waals surface area contributed by atoms with Gasteiger partial charge in [0.1, 0.15) is 17.2 Å². The summed E-state index contributed by atoms with van der Waals surface area (Å²) in [5.41, 5.74) is 0.584. The Balaban J connectivity index is 2.31. The van der Waals surface area contributed by atoms with Crippen molar-refractivity contribution in [1.29, 1.82) is 0 Å². The van der Waals surface area contributed by atoms with Gasteiger partial charge in [0.15, 0.2) is 0 Å². The number of aromatic nitrogens is 1. The van der Waals surface area contributed by atoms with Gasteiger partial charge in [-0.3, -0.25) is 9.78 Å². The minimum Gasteiger partial charge on any atom is -0.320 e. The van der Waals surface area contributed by atoms with E-state index in [0.29, 0.717) is 5.69 Å². The van der Waals surface area contributed by atoms with Gasteiger partial charge in [0, 0.05) is 6.20 Å². The van der Waals surface area contributed by atoms with Gasteiger partial charge < -0.3 is 5.32 Å². The molecular formula is C13H10F2N2O. The first-order chi connectivity index (χ1) is 8.59. The molecule has 0 bridgehead atoms. The minimum absolute atomic E-state index is 0.421. The third-order valence-corrected chi connectivity index (χ3v) is 2.48. The highest BCUT2D eigenvalue weighted by Crippen LogP contribution is 2.16. The number of pyridine rings is 1. The van der Waals surface area contributed by atoms with E-state index in [4.69, 9.17) is 0 Å². The van der Waals surface area contributed by atoms with Crippen LogP contribution in [0.5, 0.6) is 0 Å². The Labute approximate surface area is 102 Å². The molecule has 0 unspecified atom stereocenters. The maximum absolute atomic E-state index is 13.4. The first kappa shape index (κ1) is 12.2. The highest BCUT2D eigenvalue weighted by Gasteiger charge is 2.17. The zero-order valence-corrected chi connectivity index (χ0v) is 9.58. The summed E-state index contributed by atoms with van der Waals surface area (Å²) in [5, 5.41) is 2.43. The highest BCUT2D eigenvalue weighted by molar-refractivity contribution is 6.04. The molecule has 1 aromatic carbocycles. The van der Waals surface area contributed by atoms with Crippen LogP contribution in [0.4, 0.5) is 14.5 Å². The quantitative estimate of drug-likeness (QED) is 0.887. The normalized spacial score (nSPS) is 10.2. The molecule has 1 heterocycles. The van der Waals surface area contributed by atoms with E-state index in [1.54, 1.807) is 19.2 Å². The van der Waals surface area contributed by atoms with Gasteiger partial charge in [0.25, 0.3) is 5.91 Å². The number of aryl methyl sites for hydroxylation is 1. The molecular weight excluding hydrogens is 238 g/mol. The monoisotopic (exact) mass is 248 g/mol. The summed E-state index contributed by atoms with van der Waals surface area (Å²) < 4.78 is 26.8. The van der Waals surface area contributed by atoms with Gasteiger partial charge in [-0.25, -0.2) is 8.78 Å². The summed E-state index contributed by atoms with van der Waals surface area (Å²) >= 11 is 0. The van der Waals surface area contributed by atoms with Gasteiger partial charge in [-0.05, 0) is 30.7 Å². The van der Waals surface area contributed by atoms with Crippen molar-refractivity contribution in [2.75, 3.05) is 5.32 Å². The van der Waals surface area contributed by atoms with Gasteiger partial charge >= 0.3 is 0 Å². The zero-order valence-electron chi connectivity index (χ0n) is 9.58. The number of halogens is 2. The van der Waals surface area contributed by atoms with Crippen molar-refractivity contribution in [2.45, 2.75) is 6.92 Å². The lowest BCUT2D eigenvalue weighted by Gasteiger charge is -2.08. The molecule has 0 saturated carbocycles. The Morgan fingerprint density at radius 3 is 2.50 bits per heavy atom. The van der Waals surface area contributed by atoms with Crippen LogP contribution in [0, 0.1) is 18.6 Å². The predicted octanol–water partition coefficient (Wildman–Crippen LogP) is 2.92. The second kappa shape index (κ2) is 4.91. The van der Waals surface area contributed by atoms with Crippen LogP contribution in [0.1, 0.15) is 15.9 Å². The molecule has 18 heavy (non-hydrogen) atoms. The third kappa shape index (κ3) is 2.34. The standard InChI is InChI=1S/C13H10F2N2O/c1-8-5-6-16-7-11(8)17-13(18)12-9(14)3-2-4-10(12)15/h2-7H,1H3,(H,17,18). The molecule has 1 amide bonds. The Hall–Kier alpha value is -2.30. The topological polar surface area (TPSA) is 42.0 Å².